The van der Waals surface area contributed by atoms with Crippen molar-refractivity contribution < 1.29 is 9.47 Å². The van der Waals surface area contributed by atoms with E-state index in [2.05, 4.69) is 12.6 Å². The Balaban J connectivity index is 1.71. The summed E-state index contributed by atoms with van der Waals surface area (Å²) in [7, 11) is 0. The van der Waals surface area contributed by atoms with E-state index in [1.165, 1.54) is 19.3 Å². The molecule has 1 unspecified atom stereocenters. The molecule has 2 aliphatic rings. The lowest BCUT2D eigenvalue weighted by atomic mass is 9.71. The Hall–Kier alpha value is 0.270. The third kappa shape index (κ3) is 2.20. The van der Waals surface area contributed by atoms with E-state index < -0.39 is 0 Å². The summed E-state index contributed by atoms with van der Waals surface area (Å²) in [6.07, 6.45) is 5.37. The van der Waals surface area contributed by atoms with Crippen molar-refractivity contribution in [1.82, 2.24) is 0 Å². The summed E-state index contributed by atoms with van der Waals surface area (Å²) in [6, 6.07) is 0. The van der Waals surface area contributed by atoms with Gasteiger partial charge in [0.05, 0.1) is 19.3 Å². The van der Waals surface area contributed by atoms with Crippen molar-refractivity contribution in [2.45, 2.75) is 31.8 Å². The second kappa shape index (κ2) is 4.20. The molecule has 1 atom stereocenters. The number of ether oxygens (including phenoxy) is 2. The number of thiol groups is 1. The molecule has 0 aromatic heterocycles. The van der Waals surface area contributed by atoms with Crippen molar-refractivity contribution in [3.63, 3.8) is 0 Å². The van der Waals surface area contributed by atoms with Gasteiger partial charge in [0.1, 0.15) is 0 Å². The molecule has 1 saturated heterocycles. The standard InChI is InChI=1S/C10H18O2S/c13-8-10(3-1-4-10)7-12-9-2-5-11-6-9/h9,13H,1-8H2. The van der Waals surface area contributed by atoms with Crippen LogP contribution in [0.3, 0.4) is 0 Å². The quantitative estimate of drug-likeness (QED) is 0.702. The van der Waals surface area contributed by atoms with E-state index in [0.29, 0.717) is 11.5 Å². The van der Waals surface area contributed by atoms with Crippen molar-refractivity contribution in [2.75, 3.05) is 25.6 Å². The number of hydrogen-bond donors (Lipinski definition) is 1. The van der Waals surface area contributed by atoms with E-state index in [4.69, 9.17) is 9.47 Å². The van der Waals surface area contributed by atoms with Crippen LogP contribution < -0.4 is 0 Å². The Morgan fingerprint density at radius 1 is 1.46 bits per heavy atom. The zero-order valence-corrected chi connectivity index (χ0v) is 8.89. The smallest absolute Gasteiger partial charge is 0.0830 e. The van der Waals surface area contributed by atoms with Crippen LogP contribution in [-0.4, -0.2) is 31.7 Å². The molecule has 0 aromatic rings. The van der Waals surface area contributed by atoms with E-state index in [0.717, 1.165) is 32.0 Å². The Bertz CT molecular complexity index is 157. The number of rotatable bonds is 4. The fraction of sp³-hybridized carbons (Fsp3) is 1.00. The lowest BCUT2D eigenvalue weighted by molar-refractivity contribution is -0.0342. The summed E-state index contributed by atoms with van der Waals surface area (Å²) in [5.74, 6) is 0.973. The van der Waals surface area contributed by atoms with Crippen molar-refractivity contribution in [3.8, 4) is 0 Å². The molecule has 76 valence electrons. The van der Waals surface area contributed by atoms with E-state index in [-0.39, 0.29) is 0 Å². The lowest BCUT2D eigenvalue weighted by Crippen LogP contribution is -2.37. The highest BCUT2D eigenvalue weighted by Gasteiger charge is 2.36. The van der Waals surface area contributed by atoms with Gasteiger partial charge in [0.2, 0.25) is 0 Å². The zero-order valence-electron chi connectivity index (χ0n) is 8.00. The van der Waals surface area contributed by atoms with Crippen LogP contribution in [0, 0.1) is 5.41 Å². The molecule has 2 nitrogen and oxygen atoms in total. The van der Waals surface area contributed by atoms with Gasteiger partial charge in [-0.2, -0.15) is 12.6 Å². The molecule has 0 bridgehead atoms. The van der Waals surface area contributed by atoms with Crippen LogP contribution in [0.15, 0.2) is 0 Å². The first-order chi connectivity index (χ1) is 6.35. The fourth-order valence-electron chi connectivity index (χ4n) is 1.96. The first-order valence-electron chi connectivity index (χ1n) is 5.15. The summed E-state index contributed by atoms with van der Waals surface area (Å²) in [6.45, 7) is 2.56. The zero-order chi connectivity index (χ0) is 9.15. The van der Waals surface area contributed by atoms with Gasteiger partial charge in [-0.1, -0.05) is 6.42 Å². The van der Waals surface area contributed by atoms with Crippen LogP contribution in [0.1, 0.15) is 25.7 Å². The Kier molecular flexibility index (Phi) is 3.17. The second-order valence-corrected chi connectivity index (χ2v) is 4.62. The van der Waals surface area contributed by atoms with Gasteiger partial charge in [-0.05, 0) is 25.0 Å². The maximum absolute atomic E-state index is 5.83. The fourth-order valence-corrected chi connectivity index (χ4v) is 2.37. The monoisotopic (exact) mass is 202 g/mol. The van der Waals surface area contributed by atoms with Crippen molar-refractivity contribution >= 4 is 12.6 Å². The lowest BCUT2D eigenvalue weighted by Gasteiger charge is -2.41. The third-order valence-corrected chi connectivity index (χ3v) is 3.93. The van der Waals surface area contributed by atoms with Crippen molar-refractivity contribution in [1.29, 1.82) is 0 Å². The molecule has 0 N–H and O–H groups in total. The van der Waals surface area contributed by atoms with E-state index in [1.807, 2.05) is 0 Å². The molecule has 0 radical (unpaired) electrons. The molecular formula is C10H18O2S. The molecule has 1 aliphatic heterocycles. The van der Waals surface area contributed by atoms with Gasteiger partial charge in [-0.25, -0.2) is 0 Å². The third-order valence-electron chi connectivity index (χ3n) is 3.26. The normalized spacial score (nSPS) is 31.6. The molecule has 0 spiro atoms. The summed E-state index contributed by atoms with van der Waals surface area (Å²) < 4.78 is 11.1. The van der Waals surface area contributed by atoms with Crippen molar-refractivity contribution in [2.24, 2.45) is 5.41 Å². The van der Waals surface area contributed by atoms with Gasteiger partial charge in [0.15, 0.2) is 0 Å². The predicted molar refractivity (Wildman–Crippen MR) is 55.3 cm³/mol. The maximum Gasteiger partial charge on any atom is 0.0830 e. The molecule has 0 amide bonds. The second-order valence-electron chi connectivity index (χ2n) is 4.31. The van der Waals surface area contributed by atoms with E-state index >= 15 is 0 Å². The van der Waals surface area contributed by atoms with Crippen molar-refractivity contribution in [3.05, 3.63) is 0 Å². The minimum Gasteiger partial charge on any atom is -0.379 e. The molecule has 0 aromatic carbocycles. The van der Waals surface area contributed by atoms with Crippen LogP contribution in [0.5, 0.6) is 0 Å². The number of hydrogen-bond acceptors (Lipinski definition) is 3. The van der Waals surface area contributed by atoms with Crippen LogP contribution in [0.25, 0.3) is 0 Å². The Morgan fingerprint density at radius 3 is 2.77 bits per heavy atom. The van der Waals surface area contributed by atoms with E-state index in [1.54, 1.807) is 0 Å². The molecule has 2 fully saturated rings. The highest BCUT2D eigenvalue weighted by atomic mass is 32.1. The summed E-state index contributed by atoms with van der Waals surface area (Å²) in [5, 5.41) is 0. The van der Waals surface area contributed by atoms with E-state index in [9.17, 15) is 0 Å². The average Bonchev–Trinajstić information content (AvgIpc) is 2.56. The van der Waals surface area contributed by atoms with Gasteiger partial charge in [0.25, 0.3) is 0 Å². The Labute approximate surface area is 85.4 Å². The summed E-state index contributed by atoms with van der Waals surface area (Å²) in [5.41, 5.74) is 0.408. The minimum absolute atomic E-state index is 0.359. The largest absolute Gasteiger partial charge is 0.379 e. The average molecular weight is 202 g/mol. The summed E-state index contributed by atoms with van der Waals surface area (Å²) >= 11 is 4.40. The van der Waals surface area contributed by atoms with Gasteiger partial charge in [-0.15, -0.1) is 0 Å². The molecule has 2 rings (SSSR count). The van der Waals surface area contributed by atoms with Gasteiger partial charge in [0, 0.05) is 12.0 Å². The molecule has 13 heavy (non-hydrogen) atoms. The molecular weight excluding hydrogens is 184 g/mol. The van der Waals surface area contributed by atoms with Crippen LogP contribution in [0.2, 0.25) is 0 Å². The minimum atomic E-state index is 0.359. The maximum atomic E-state index is 5.83. The van der Waals surface area contributed by atoms with Gasteiger partial charge < -0.3 is 9.47 Å². The highest BCUT2D eigenvalue weighted by molar-refractivity contribution is 7.80. The Morgan fingerprint density at radius 2 is 2.31 bits per heavy atom. The van der Waals surface area contributed by atoms with Crippen LogP contribution in [0.4, 0.5) is 0 Å². The van der Waals surface area contributed by atoms with Gasteiger partial charge in [-0.3, -0.25) is 0 Å². The molecule has 3 heteroatoms. The topological polar surface area (TPSA) is 18.5 Å². The first-order valence-corrected chi connectivity index (χ1v) is 5.78. The summed E-state index contributed by atoms with van der Waals surface area (Å²) in [4.78, 5) is 0. The van der Waals surface area contributed by atoms with Gasteiger partial charge >= 0.3 is 0 Å². The predicted octanol–water partition coefficient (Wildman–Crippen LogP) is 1.89. The molecule has 1 aliphatic carbocycles. The SMILES string of the molecule is SCC1(COC2CCOC2)CCC1. The van der Waals surface area contributed by atoms with Crippen LogP contribution in [-0.2, 0) is 9.47 Å². The molecule has 1 heterocycles. The van der Waals surface area contributed by atoms with Crippen LogP contribution >= 0.6 is 12.6 Å². The molecule has 1 saturated carbocycles. The highest BCUT2D eigenvalue weighted by Crippen LogP contribution is 2.42. The first kappa shape index (κ1) is 9.81.